The molecular formula is C25H35N3O. The van der Waals surface area contributed by atoms with Crippen LogP contribution in [0.5, 0.6) is 0 Å². The van der Waals surface area contributed by atoms with E-state index in [1.807, 2.05) is 30.3 Å². The maximum atomic E-state index is 12.1. The monoisotopic (exact) mass is 393 g/mol. The van der Waals surface area contributed by atoms with Crippen LogP contribution in [-0.4, -0.2) is 37.0 Å². The van der Waals surface area contributed by atoms with Gasteiger partial charge in [0.2, 0.25) is 5.91 Å². The van der Waals surface area contributed by atoms with Crippen LogP contribution in [0.2, 0.25) is 0 Å². The normalized spacial score (nSPS) is 16.4. The molecule has 0 radical (unpaired) electrons. The molecule has 2 aromatic rings. The summed E-state index contributed by atoms with van der Waals surface area (Å²) < 4.78 is 0. The van der Waals surface area contributed by atoms with E-state index in [2.05, 4.69) is 40.5 Å². The van der Waals surface area contributed by atoms with E-state index in [1.165, 1.54) is 37.9 Å². The number of carbonyl (C=O) groups excluding carboxylic acids is 1. The number of likely N-dealkylation sites (tertiary alicyclic amines) is 1. The van der Waals surface area contributed by atoms with Gasteiger partial charge in [0, 0.05) is 19.0 Å². The predicted molar refractivity (Wildman–Crippen MR) is 120 cm³/mol. The Labute approximate surface area is 175 Å². The predicted octanol–water partition coefficient (Wildman–Crippen LogP) is 3.93. The summed E-state index contributed by atoms with van der Waals surface area (Å²) in [7, 11) is 0. The molecule has 0 bridgehead atoms. The van der Waals surface area contributed by atoms with Crippen molar-refractivity contribution in [1.29, 1.82) is 0 Å². The number of unbranched alkanes of at least 4 members (excludes halogenated alkanes) is 1. The van der Waals surface area contributed by atoms with E-state index in [1.54, 1.807) is 0 Å². The van der Waals surface area contributed by atoms with Gasteiger partial charge < -0.3 is 16.0 Å². The molecule has 3 rings (SSSR count). The fourth-order valence-corrected chi connectivity index (χ4v) is 4.14. The molecule has 0 aromatic heterocycles. The maximum absolute atomic E-state index is 12.1. The Morgan fingerprint density at radius 1 is 1.00 bits per heavy atom. The van der Waals surface area contributed by atoms with Crippen molar-refractivity contribution in [2.24, 2.45) is 11.7 Å². The fraction of sp³-hybridized carbons (Fsp3) is 0.480. The third-order valence-electron chi connectivity index (χ3n) is 5.93. The highest BCUT2D eigenvalue weighted by atomic mass is 16.1. The summed E-state index contributed by atoms with van der Waals surface area (Å²) in [5.41, 5.74) is 8.59. The van der Waals surface area contributed by atoms with Crippen LogP contribution < -0.4 is 11.1 Å². The number of nitrogens with one attached hydrogen (secondary N) is 1. The number of nitrogens with zero attached hydrogens (tertiary/aromatic N) is 1. The number of piperidine rings is 1. The molecule has 3 N–H and O–H groups in total. The third-order valence-corrected chi connectivity index (χ3v) is 5.93. The van der Waals surface area contributed by atoms with Gasteiger partial charge in [0.25, 0.3) is 0 Å². The summed E-state index contributed by atoms with van der Waals surface area (Å²) in [4.78, 5) is 14.7. The zero-order valence-corrected chi connectivity index (χ0v) is 17.4. The zero-order chi connectivity index (χ0) is 20.3. The summed E-state index contributed by atoms with van der Waals surface area (Å²) in [5, 5.41) is 3.02. The summed E-state index contributed by atoms with van der Waals surface area (Å²) in [6.07, 6.45) is 6.31. The van der Waals surface area contributed by atoms with Crippen LogP contribution in [0.4, 0.5) is 0 Å². The minimum absolute atomic E-state index is 0.0445. The highest BCUT2D eigenvalue weighted by Crippen LogP contribution is 2.21. The van der Waals surface area contributed by atoms with E-state index >= 15 is 0 Å². The molecule has 0 spiro atoms. The number of amides is 1. The largest absolute Gasteiger partial charge is 0.356 e. The number of benzene rings is 2. The van der Waals surface area contributed by atoms with Gasteiger partial charge in [-0.3, -0.25) is 4.79 Å². The van der Waals surface area contributed by atoms with Crippen LogP contribution >= 0.6 is 0 Å². The van der Waals surface area contributed by atoms with Crippen LogP contribution in [0.3, 0.4) is 0 Å². The zero-order valence-electron chi connectivity index (χ0n) is 17.4. The molecule has 4 nitrogen and oxygen atoms in total. The van der Waals surface area contributed by atoms with Crippen molar-refractivity contribution >= 4 is 5.91 Å². The van der Waals surface area contributed by atoms with Crippen molar-refractivity contribution in [1.82, 2.24) is 10.2 Å². The lowest BCUT2D eigenvalue weighted by atomic mass is 9.90. The van der Waals surface area contributed by atoms with Crippen molar-refractivity contribution in [2.45, 2.75) is 44.6 Å². The molecule has 1 aliphatic rings. The first-order valence-corrected chi connectivity index (χ1v) is 11.0. The average Bonchev–Trinajstić information content (AvgIpc) is 2.76. The second-order valence-corrected chi connectivity index (χ2v) is 8.25. The van der Waals surface area contributed by atoms with Crippen molar-refractivity contribution in [3.8, 4) is 0 Å². The van der Waals surface area contributed by atoms with Crippen LogP contribution in [0.15, 0.2) is 60.7 Å². The standard InChI is InChI=1S/C25H35N3O/c26-24(23-11-5-2-6-12-23)20-25(29)27-15-7-8-16-28-17-13-22(14-18-28)19-21-9-3-1-4-10-21/h1-6,9-12,22,24H,7-8,13-20,26H2,(H,27,29). The molecule has 1 heterocycles. The molecule has 29 heavy (non-hydrogen) atoms. The molecule has 1 atom stereocenters. The van der Waals surface area contributed by atoms with E-state index in [4.69, 9.17) is 5.73 Å². The van der Waals surface area contributed by atoms with Crippen LogP contribution in [0.1, 0.15) is 49.3 Å². The number of hydrogen-bond donors (Lipinski definition) is 2. The van der Waals surface area contributed by atoms with Crippen LogP contribution in [-0.2, 0) is 11.2 Å². The number of carbonyl (C=O) groups is 1. The quantitative estimate of drug-likeness (QED) is 0.602. The Morgan fingerprint density at radius 2 is 1.66 bits per heavy atom. The van der Waals surface area contributed by atoms with Crippen LogP contribution in [0.25, 0.3) is 0 Å². The van der Waals surface area contributed by atoms with Crippen LogP contribution in [0, 0.1) is 5.92 Å². The first-order chi connectivity index (χ1) is 14.2. The van der Waals surface area contributed by atoms with E-state index in [0.717, 1.165) is 37.4 Å². The summed E-state index contributed by atoms with van der Waals surface area (Å²) in [6, 6.07) is 20.4. The molecule has 2 aromatic carbocycles. The highest BCUT2D eigenvalue weighted by molar-refractivity contribution is 5.76. The van der Waals surface area contributed by atoms with Gasteiger partial charge in [-0.2, -0.15) is 0 Å². The first kappa shape index (κ1) is 21.5. The third kappa shape index (κ3) is 7.64. The van der Waals surface area contributed by atoms with Gasteiger partial charge in [0.1, 0.15) is 0 Å². The second kappa shape index (κ2) is 11.7. The minimum Gasteiger partial charge on any atom is -0.356 e. The van der Waals surface area contributed by atoms with Crippen molar-refractivity contribution < 1.29 is 4.79 Å². The van der Waals surface area contributed by atoms with Gasteiger partial charge in [-0.1, -0.05) is 60.7 Å². The Balaban J connectivity index is 1.23. The first-order valence-electron chi connectivity index (χ1n) is 11.0. The maximum Gasteiger partial charge on any atom is 0.221 e. The van der Waals surface area contributed by atoms with Crippen molar-refractivity contribution in [2.75, 3.05) is 26.2 Å². The Hall–Kier alpha value is -2.17. The van der Waals surface area contributed by atoms with Gasteiger partial charge in [0.15, 0.2) is 0 Å². The molecule has 156 valence electrons. The molecule has 1 aliphatic heterocycles. The van der Waals surface area contributed by atoms with Gasteiger partial charge in [-0.05, 0) is 68.8 Å². The van der Waals surface area contributed by atoms with Crippen molar-refractivity contribution in [3.05, 3.63) is 71.8 Å². The topological polar surface area (TPSA) is 58.4 Å². The lowest BCUT2D eigenvalue weighted by Gasteiger charge is -2.32. The van der Waals surface area contributed by atoms with Gasteiger partial charge in [-0.25, -0.2) is 0 Å². The Morgan fingerprint density at radius 3 is 2.34 bits per heavy atom. The van der Waals surface area contributed by atoms with Gasteiger partial charge in [0.05, 0.1) is 0 Å². The van der Waals surface area contributed by atoms with Crippen molar-refractivity contribution in [3.63, 3.8) is 0 Å². The minimum atomic E-state index is -0.228. The molecule has 1 saturated heterocycles. The smallest absolute Gasteiger partial charge is 0.221 e. The SMILES string of the molecule is NC(CC(=O)NCCCCN1CCC(Cc2ccccc2)CC1)c1ccccc1. The summed E-state index contributed by atoms with van der Waals surface area (Å²) in [5.74, 6) is 0.866. The summed E-state index contributed by atoms with van der Waals surface area (Å²) >= 11 is 0. The second-order valence-electron chi connectivity index (χ2n) is 8.25. The molecule has 0 aliphatic carbocycles. The van der Waals surface area contributed by atoms with E-state index in [0.29, 0.717) is 6.42 Å². The molecule has 0 saturated carbocycles. The van der Waals surface area contributed by atoms with E-state index < -0.39 is 0 Å². The molecule has 4 heteroatoms. The lowest BCUT2D eigenvalue weighted by molar-refractivity contribution is -0.121. The highest BCUT2D eigenvalue weighted by Gasteiger charge is 2.19. The summed E-state index contributed by atoms with van der Waals surface area (Å²) in [6.45, 7) is 4.29. The Kier molecular flexibility index (Phi) is 8.72. The molecule has 1 fully saturated rings. The number of nitrogens with two attached hydrogens (primary N) is 1. The number of hydrogen-bond acceptors (Lipinski definition) is 3. The lowest BCUT2D eigenvalue weighted by Crippen LogP contribution is -2.35. The fourth-order valence-electron chi connectivity index (χ4n) is 4.14. The van der Waals surface area contributed by atoms with Gasteiger partial charge >= 0.3 is 0 Å². The Bertz CT molecular complexity index is 711. The number of rotatable bonds is 10. The van der Waals surface area contributed by atoms with E-state index in [9.17, 15) is 4.79 Å². The average molecular weight is 394 g/mol. The molecule has 1 unspecified atom stereocenters. The van der Waals surface area contributed by atoms with Gasteiger partial charge in [-0.15, -0.1) is 0 Å². The van der Waals surface area contributed by atoms with E-state index in [-0.39, 0.29) is 11.9 Å². The molecular weight excluding hydrogens is 358 g/mol. The molecule has 1 amide bonds.